The molecule has 0 saturated heterocycles. The number of hydrogen-bond donors (Lipinski definition) is 2. The summed E-state index contributed by atoms with van der Waals surface area (Å²) in [6.07, 6.45) is 0. The number of aromatic nitrogens is 2. The molecular weight excluding hydrogens is 384 g/mol. The van der Waals surface area contributed by atoms with E-state index in [-0.39, 0.29) is 34.3 Å². The van der Waals surface area contributed by atoms with Crippen LogP contribution in [-0.2, 0) is 20.5 Å². The minimum Gasteiger partial charge on any atom is -0.325 e. The van der Waals surface area contributed by atoms with Gasteiger partial charge in [0.2, 0.25) is 11.8 Å². The van der Waals surface area contributed by atoms with Crippen molar-refractivity contribution in [3.8, 4) is 0 Å². The fourth-order valence-electron chi connectivity index (χ4n) is 2.60. The summed E-state index contributed by atoms with van der Waals surface area (Å²) in [6, 6.07) is 9.55. The van der Waals surface area contributed by atoms with Crippen LogP contribution in [0.15, 0.2) is 30.3 Å². The van der Waals surface area contributed by atoms with Crippen LogP contribution in [-0.4, -0.2) is 33.1 Å². The fraction of sp³-hybridized carbons (Fsp3) is 0.500. The van der Waals surface area contributed by atoms with Crippen molar-refractivity contribution < 1.29 is 9.59 Å². The lowest BCUT2D eigenvalue weighted by atomic mass is 9.92. The zero-order chi connectivity index (χ0) is 21.8. The molecule has 7 heteroatoms. The Kier molecular flexibility index (Phi) is 7.16. The van der Waals surface area contributed by atoms with Crippen molar-refractivity contribution in [1.29, 1.82) is 0 Å². The van der Waals surface area contributed by atoms with Gasteiger partial charge in [-0.25, -0.2) is 4.68 Å². The third-order valence-electron chi connectivity index (χ3n) is 4.18. The maximum absolute atomic E-state index is 12.4. The summed E-state index contributed by atoms with van der Waals surface area (Å²) in [7, 11) is 0. The molecule has 0 aliphatic rings. The molecule has 2 aromatic rings. The van der Waals surface area contributed by atoms with Crippen molar-refractivity contribution in [2.24, 2.45) is 0 Å². The molecule has 0 atom stereocenters. The second-order valence-corrected chi connectivity index (χ2v) is 10.2. The van der Waals surface area contributed by atoms with Crippen LogP contribution in [0.1, 0.15) is 52.8 Å². The van der Waals surface area contributed by atoms with Crippen LogP contribution in [0.2, 0.25) is 0 Å². The van der Waals surface area contributed by atoms with Crippen LogP contribution in [0.5, 0.6) is 0 Å². The Morgan fingerprint density at radius 3 is 2.03 bits per heavy atom. The summed E-state index contributed by atoms with van der Waals surface area (Å²) < 4.78 is 1.85. The third kappa shape index (κ3) is 6.92. The molecular formula is C22H32N4O2S. The van der Waals surface area contributed by atoms with Gasteiger partial charge >= 0.3 is 0 Å². The monoisotopic (exact) mass is 416 g/mol. The highest BCUT2D eigenvalue weighted by Gasteiger charge is 2.25. The van der Waals surface area contributed by atoms with Gasteiger partial charge in [0, 0.05) is 17.2 Å². The first-order valence-electron chi connectivity index (χ1n) is 9.71. The van der Waals surface area contributed by atoms with Crippen LogP contribution in [0, 0.1) is 6.92 Å². The van der Waals surface area contributed by atoms with E-state index in [9.17, 15) is 9.59 Å². The number of carbonyl (C=O) groups excluding carboxylic acids is 2. The number of nitrogens with zero attached hydrogens (tertiary/aromatic N) is 2. The SMILES string of the molecule is Cc1ccc(NC(=O)CSCC(=O)Nc2cc(C(C)(C)C)nn2C(C)(C)C)cc1. The smallest absolute Gasteiger partial charge is 0.235 e. The number of hydrogen-bond acceptors (Lipinski definition) is 4. The summed E-state index contributed by atoms with van der Waals surface area (Å²) >= 11 is 1.28. The number of carbonyl (C=O) groups is 2. The minimum atomic E-state index is -0.257. The Bertz CT molecular complexity index is 858. The molecule has 0 bridgehead atoms. The normalized spacial score (nSPS) is 12.0. The van der Waals surface area contributed by atoms with Gasteiger partial charge in [-0.1, -0.05) is 38.5 Å². The van der Waals surface area contributed by atoms with Gasteiger partial charge in [0.15, 0.2) is 0 Å². The van der Waals surface area contributed by atoms with Gasteiger partial charge in [-0.05, 0) is 39.8 Å². The molecule has 158 valence electrons. The predicted octanol–water partition coefficient (Wildman–Crippen LogP) is 4.55. The number of rotatable bonds is 6. The average molecular weight is 417 g/mol. The van der Waals surface area contributed by atoms with Gasteiger partial charge in [0.1, 0.15) is 5.82 Å². The lowest BCUT2D eigenvalue weighted by Crippen LogP contribution is -2.28. The van der Waals surface area contributed by atoms with Crippen molar-refractivity contribution in [3.05, 3.63) is 41.6 Å². The topological polar surface area (TPSA) is 76.0 Å². The van der Waals surface area contributed by atoms with Gasteiger partial charge in [-0.3, -0.25) is 9.59 Å². The first-order chi connectivity index (χ1) is 13.4. The lowest BCUT2D eigenvalue weighted by Gasteiger charge is -2.23. The van der Waals surface area contributed by atoms with Gasteiger partial charge < -0.3 is 10.6 Å². The maximum Gasteiger partial charge on any atom is 0.235 e. The van der Waals surface area contributed by atoms with E-state index in [0.717, 1.165) is 16.9 Å². The summed E-state index contributed by atoms with van der Waals surface area (Å²) in [5.74, 6) is 0.816. The third-order valence-corrected chi connectivity index (χ3v) is 5.11. The van der Waals surface area contributed by atoms with Crippen molar-refractivity contribution in [3.63, 3.8) is 0 Å². The highest BCUT2D eigenvalue weighted by molar-refractivity contribution is 8.00. The molecule has 6 nitrogen and oxygen atoms in total. The maximum atomic E-state index is 12.4. The Hall–Kier alpha value is -2.28. The van der Waals surface area contributed by atoms with Crippen molar-refractivity contribution >= 4 is 35.1 Å². The molecule has 0 unspecified atom stereocenters. The molecule has 29 heavy (non-hydrogen) atoms. The Morgan fingerprint density at radius 2 is 1.52 bits per heavy atom. The molecule has 0 saturated carbocycles. The molecule has 2 N–H and O–H groups in total. The van der Waals surface area contributed by atoms with E-state index in [0.29, 0.717) is 5.82 Å². The Morgan fingerprint density at radius 1 is 0.966 bits per heavy atom. The average Bonchev–Trinajstić information content (AvgIpc) is 3.01. The second kappa shape index (κ2) is 9.03. The summed E-state index contributed by atoms with van der Waals surface area (Å²) in [5, 5.41) is 10.5. The zero-order valence-electron chi connectivity index (χ0n) is 18.4. The number of thioether (sulfide) groups is 1. The highest BCUT2D eigenvalue weighted by Crippen LogP contribution is 2.28. The van der Waals surface area contributed by atoms with Crippen LogP contribution >= 0.6 is 11.8 Å². The van der Waals surface area contributed by atoms with Crippen LogP contribution in [0.25, 0.3) is 0 Å². The van der Waals surface area contributed by atoms with E-state index < -0.39 is 0 Å². The predicted molar refractivity (Wildman–Crippen MR) is 122 cm³/mol. The number of benzene rings is 1. The molecule has 1 aromatic carbocycles. The Balaban J connectivity index is 1.91. The molecule has 0 aliphatic carbocycles. The molecule has 0 aliphatic heterocycles. The van der Waals surface area contributed by atoms with Crippen molar-refractivity contribution in [2.45, 2.75) is 59.4 Å². The summed E-state index contributed by atoms with van der Waals surface area (Å²) in [6.45, 7) is 14.4. The second-order valence-electron chi connectivity index (χ2n) is 9.20. The fourth-order valence-corrected chi connectivity index (χ4v) is 3.21. The molecule has 0 fully saturated rings. The molecule has 1 aromatic heterocycles. The highest BCUT2D eigenvalue weighted by atomic mass is 32.2. The Labute approximate surface area is 177 Å². The van der Waals surface area contributed by atoms with Crippen LogP contribution in [0.3, 0.4) is 0 Å². The van der Waals surface area contributed by atoms with Gasteiger partial charge in [0.05, 0.1) is 22.7 Å². The lowest BCUT2D eigenvalue weighted by molar-refractivity contribution is -0.114. The minimum absolute atomic E-state index is 0.112. The van der Waals surface area contributed by atoms with E-state index in [4.69, 9.17) is 5.10 Å². The van der Waals surface area contributed by atoms with Gasteiger partial charge in [-0.2, -0.15) is 5.10 Å². The van der Waals surface area contributed by atoms with E-state index >= 15 is 0 Å². The number of anilines is 2. The van der Waals surface area contributed by atoms with Crippen LogP contribution in [0.4, 0.5) is 11.5 Å². The standard InChI is InChI=1S/C22H32N4O2S/c1-15-8-10-16(11-9-15)23-19(27)13-29-14-20(28)24-18-12-17(21(2,3)4)25-26(18)22(5,6)7/h8-12H,13-14H2,1-7H3,(H,23,27)(H,24,28). The molecule has 2 rings (SSSR count). The van der Waals surface area contributed by atoms with Gasteiger partial charge in [-0.15, -0.1) is 11.8 Å². The van der Waals surface area contributed by atoms with Crippen molar-refractivity contribution in [1.82, 2.24) is 9.78 Å². The molecule has 2 amide bonds. The number of amides is 2. The number of aryl methyl sites for hydroxylation is 1. The first kappa shape index (κ1) is 23.0. The number of nitrogens with one attached hydrogen (secondary N) is 2. The molecule has 0 spiro atoms. The van der Waals surface area contributed by atoms with Gasteiger partial charge in [0.25, 0.3) is 0 Å². The van der Waals surface area contributed by atoms with E-state index in [1.54, 1.807) is 0 Å². The van der Waals surface area contributed by atoms with E-state index in [1.165, 1.54) is 11.8 Å². The van der Waals surface area contributed by atoms with Crippen LogP contribution < -0.4 is 10.6 Å². The summed E-state index contributed by atoms with van der Waals surface area (Å²) in [5.41, 5.74) is 2.45. The molecule has 1 heterocycles. The summed E-state index contributed by atoms with van der Waals surface area (Å²) in [4.78, 5) is 24.5. The van der Waals surface area contributed by atoms with E-state index in [1.807, 2.05) is 62.7 Å². The largest absolute Gasteiger partial charge is 0.325 e. The zero-order valence-corrected chi connectivity index (χ0v) is 19.2. The quantitative estimate of drug-likeness (QED) is 0.724. The first-order valence-corrected chi connectivity index (χ1v) is 10.9. The molecule has 0 radical (unpaired) electrons. The van der Waals surface area contributed by atoms with Crippen molar-refractivity contribution in [2.75, 3.05) is 22.1 Å². The van der Waals surface area contributed by atoms with E-state index in [2.05, 4.69) is 31.4 Å².